The summed E-state index contributed by atoms with van der Waals surface area (Å²) >= 11 is 0. The molecular weight excluding hydrogens is 470 g/mol. The van der Waals surface area contributed by atoms with Crippen LogP contribution in [0.2, 0.25) is 0 Å². The van der Waals surface area contributed by atoms with Gasteiger partial charge in [0.2, 0.25) is 5.91 Å². The number of nitrogens with two attached hydrogens (primary N) is 1. The number of benzene rings is 3. The highest BCUT2D eigenvalue weighted by atomic mass is 16.4. The van der Waals surface area contributed by atoms with Crippen LogP contribution in [-0.2, 0) is 32.8 Å². The number of carbonyl (C=O) groups is 3. The van der Waals surface area contributed by atoms with Crippen molar-refractivity contribution in [2.45, 2.75) is 31.7 Å². The summed E-state index contributed by atoms with van der Waals surface area (Å²) in [4.78, 5) is 35.9. The van der Waals surface area contributed by atoms with Crippen molar-refractivity contribution in [3.05, 3.63) is 95.6 Å². The average Bonchev–Trinajstić information content (AvgIpc) is 3.01. The highest BCUT2D eigenvalue weighted by Crippen LogP contribution is 2.45. The summed E-state index contributed by atoms with van der Waals surface area (Å²) < 4.78 is 0. The van der Waals surface area contributed by atoms with Gasteiger partial charge in [-0.3, -0.25) is 4.79 Å². The highest BCUT2D eigenvalue weighted by Gasteiger charge is 2.43. The van der Waals surface area contributed by atoms with Crippen molar-refractivity contribution in [1.82, 2.24) is 4.90 Å². The van der Waals surface area contributed by atoms with Crippen LogP contribution in [0.3, 0.4) is 0 Å². The standard InChI is InChI=1S/C27H31N3O.C2H2O4/c1-3-30-24-15-9-7-13-22(24)19-27(26(28)31,23-14-8-10-16-25(23)30)17-18-29(2)20-21-11-5-4-6-12-21;3-1(4)2(5)6/h4-16H,3,17-20H2,1-2H3,(H2,28,31);(H,3,4)(H,5,6). The van der Waals surface area contributed by atoms with Gasteiger partial charge in [-0.05, 0) is 62.2 Å². The summed E-state index contributed by atoms with van der Waals surface area (Å²) in [5.41, 5.74) is 11.2. The molecule has 1 amide bonds. The van der Waals surface area contributed by atoms with Crippen molar-refractivity contribution >= 4 is 29.2 Å². The van der Waals surface area contributed by atoms with E-state index in [0.29, 0.717) is 12.8 Å². The third-order valence-electron chi connectivity index (χ3n) is 6.67. The normalized spacial score (nSPS) is 16.0. The Hall–Kier alpha value is -4.17. The number of amides is 1. The number of carboxylic acid groups (broad SMARTS) is 2. The van der Waals surface area contributed by atoms with Crippen LogP contribution in [0, 0.1) is 0 Å². The van der Waals surface area contributed by atoms with E-state index in [2.05, 4.69) is 84.4 Å². The Morgan fingerprint density at radius 1 is 0.892 bits per heavy atom. The molecule has 194 valence electrons. The predicted molar refractivity (Wildman–Crippen MR) is 143 cm³/mol. The number of carboxylic acids is 2. The first-order valence-corrected chi connectivity index (χ1v) is 12.1. The topological polar surface area (TPSA) is 124 Å². The Bertz CT molecular complexity index is 1240. The Morgan fingerprint density at radius 2 is 1.46 bits per heavy atom. The molecule has 37 heavy (non-hydrogen) atoms. The summed E-state index contributed by atoms with van der Waals surface area (Å²) in [5, 5.41) is 14.8. The van der Waals surface area contributed by atoms with E-state index < -0.39 is 17.4 Å². The number of hydrogen-bond acceptors (Lipinski definition) is 5. The number of carbonyl (C=O) groups excluding carboxylic acids is 1. The number of aliphatic carboxylic acids is 2. The smallest absolute Gasteiger partial charge is 0.414 e. The molecule has 4 N–H and O–H groups in total. The molecule has 1 unspecified atom stereocenters. The molecule has 1 atom stereocenters. The molecule has 1 heterocycles. The third-order valence-corrected chi connectivity index (χ3v) is 6.67. The van der Waals surface area contributed by atoms with E-state index in [1.807, 2.05) is 18.2 Å². The lowest BCUT2D eigenvalue weighted by atomic mass is 9.72. The largest absolute Gasteiger partial charge is 0.473 e. The van der Waals surface area contributed by atoms with Crippen molar-refractivity contribution in [2.75, 3.05) is 25.0 Å². The van der Waals surface area contributed by atoms with Crippen LogP contribution < -0.4 is 10.6 Å². The average molecular weight is 504 g/mol. The number of para-hydroxylation sites is 2. The maximum atomic E-state index is 13.2. The van der Waals surface area contributed by atoms with Gasteiger partial charge in [0.15, 0.2) is 0 Å². The number of anilines is 2. The first-order chi connectivity index (χ1) is 17.7. The summed E-state index contributed by atoms with van der Waals surface area (Å²) in [6, 6.07) is 27.1. The van der Waals surface area contributed by atoms with Crippen LogP contribution in [0.4, 0.5) is 11.4 Å². The predicted octanol–water partition coefficient (Wildman–Crippen LogP) is 3.80. The van der Waals surface area contributed by atoms with Gasteiger partial charge < -0.3 is 25.7 Å². The summed E-state index contributed by atoms with van der Waals surface area (Å²) in [6.07, 6.45) is 1.29. The quantitative estimate of drug-likeness (QED) is 0.419. The van der Waals surface area contributed by atoms with E-state index in [1.54, 1.807) is 0 Å². The molecule has 1 aliphatic heterocycles. The number of nitrogens with zero attached hydrogens (tertiary/aromatic N) is 2. The van der Waals surface area contributed by atoms with Crippen LogP contribution in [0.25, 0.3) is 0 Å². The fourth-order valence-electron chi connectivity index (χ4n) is 4.85. The Kier molecular flexibility index (Phi) is 9.03. The second-order valence-corrected chi connectivity index (χ2v) is 9.10. The molecule has 0 aromatic heterocycles. The van der Waals surface area contributed by atoms with E-state index in [4.69, 9.17) is 25.5 Å². The van der Waals surface area contributed by atoms with E-state index in [0.717, 1.165) is 30.9 Å². The Balaban J connectivity index is 0.000000568. The number of primary amides is 1. The molecule has 4 rings (SSSR count). The number of rotatable bonds is 7. The molecule has 0 bridgehead atoms. The van der Waals surface area contributed by atoms with Gasteiger partial charge in [-0.25, -0.2) is 9.59 Å². The van der Waals surface area contributed by atoms with Gasteiger partial charge in [-0.1, -0.05) is 66.7 Å². The van der Waals surface area contributed by atoms with Gasteiger partial charge in [-0.15, -0.1) is 0 Å². The minimum atomic E-state index is -1.82. The molecule has 0 saturated carbocycles. The number of hydrogen-bond donors (Lipinski definition) is 3. The Labute approximate surface area is 216 Å². The zero-order valence-electron chi connectivity index (χ0n) is 21.1. The molecule has 0 radical (unpaired) electrons. The van der Waals surface area contributed by atoms with Gasteiger partial charge >= 0.3 is 11.9 Å². The maximum Gasteiger partial charge on any atom is 0.414 e. The van der Waals surface area contributed by atoms with E-state index in [9.17, 15) is 4.79 Å². The molecular formula is C29H33N3O5. The second-order valence-electron chi connectivity index (χ2n) is 9.10. The van der Waals surface area contributed by atoms with Crippen molar-refractivity contribution in [2.24, 2.45) is 5.73 Å². The van der Waals surface area contributed by atoms with Crippen LogP contribution in [-0.4, -0.2) is 53.1 Å². The molecule has 3 aromatic rings. The molecule has 0 saturated heterocycles. The van der Waals surface area contributed by atoms with Crippen LogP contribution in [0.5, 0.6) is 0 Å². The molecule has 1 aliphatic rings. The zero-order valence-corrected chi connectivity index (χ0v) is 21.1. The lowest BCUT2D eigenvalue weighted by Crippen LogP contribution is -2.45. The van der Waals surface area contributed by atoms with Crippen LogP contribution in [0.15, 0.2) is 78.9 Å². The lowest BCUT2D eigenvalue weighted by molar-refractivity contribution is -0.159. The maximum absolute atomic E-state index is 13.2. The van der Waals surface area contributed by atoms with Crippen molar-refractivity contribution < 1.29 is 24.6 Å². The minimum absolute atomic E-state index is 0.249. The van der Waals surface area contributed by atoms with Gasteiger partial charge in [0.1, 0.15) is 0 Å². The van der Waals surface area contributed by atoms with Crippen molar-refractivity contribution in [3.63, 3.8) is 0 Å². The molecule has 0 aliphatic carbocycles. The van der Waals surface area contributed by atoms with Crippen molar-refractivity contribution in [1.29, 1.82) is 0 Å². The summed E-state index contributed by atoms with van der Waals surface area (Å²) in [6.45, 7) is 4.60. The minimum Gasteiger partial charge on any atom is -0.473 e. The third kappa shape index (κ3) is 6.34. The summed E-state index contributed by atoms with van der Waals surface area (Å²) in [5.74, 6) is -3.90. The van der Waals surface area contributed by atoms with Gasteiger partial charge in [0.25, 0.3) is 0 Å². The van der Waals surface area contributed by atoms with Gasteiger partial charge in [-0.2, -0.15) is 0 Å². The monoisotopic (exact) mass is 503 g/mol. The van der Waals surface area contributed by atoms with Gasteiger partial charge in [0.05, 0.1) is 5.41 Å². The fourth-order valence-corrected chi connectivity index (χ4v) is 4.85. The Morgan fingerprint density at radius 3 is 2.05 bits per heavy atom. The number of fused-ring (bicyclic) bond motifs is 2. The molecule has 8 heteroatoms. The van der Waals surface area contributed by atoms with Crippen LogP contribution in [0.1, 0.15) is 30.0 Å². The second kappa shape index (κ2) is 12.2. The highest BCUT2D eigenvalue weighted by molar-refractivity contribution is 6.27. The van der Waals surface area contributed by atoms with E-state index in [-0.39, 0.29) is 5.91 Å². The van der Waals surface area contributed by atoms with E-state index in [1.165, 1.54) is 16.8 Å². The van der Waals surface area contributed by atoms with Gasteiger partial charge in [0, 0.05) is 24.5 Å². The SMILES string of the molecule is CCN1c2ccccc2CC(CCN(C)Cc2ccccc2)(C(N)=O)c2ccccc21.O=C(O)C(=O)O. The fraction of sp³-hybridized carbons (Fsp3) is 0.276. The lowest BCUT2D eigenvalue weighted by Gasteiger charge is -2.34. The molecule has 0 fully saturated rings. The first-order valence-electron chi connectivity index (χ1n) is 12.1. The zero-order chi connectivity index (χ0) is 27.0. The summed E-state index contributed by atoms with van der Waals surface area (Å²) in [7, 11) is 2.11. The first kappa shape index (κ1) is 27.4. The van der Waals surface area contributed by atoms with Crippen LogP contribution >= 0.6 is 0 Å². The van der Waals surface area contributed by atoms with E-state index >= 15 is 0 Å². The molecule has 8 nitrogen and oxygen atoms in total. The molecule has 3 aromatic carbocycles. The molecule has 0 spiro atoms. The van der Waals surface area contributed by atoms with Crippen molar-refractivity contribution in [3.8, 4) is 0 Å².